The summed E-state index contributed by atoms with van der Waals surface area (Å²) in [7, 11) is -0.378. The SMILES string of the molecule is CCOC(C)(OCC)OCC.Cc1c(Br)cnc(N)c1Br.Cc1noc(C)c1-c1cnc(N)c(Br)c1C.Cc1noc(C)c1-c1cnc(N)c(NCc2ccccc2)c1C.Cc1noc(C)c1-c1cnc2nc(C)n(Cc3ccccc3)c2c1C.Cc1noc(C)c1B1OC(C)(C)C(C)(C)O1. The number of rotatable bonds is 15. The molecule has 1 fully saturated rings. The fourth-order valence-electron chi connectivity index (χ4n) is 11.2. The predicted octanol–water partition coefficient (Wildman–Crippen LogP) is 17.1. The van der Waals surface area contributed by atoms with Gasteiger partial charge in [-0.15, -0.1) is 0 Å². The highest BCUT2D eigenvalue weighted by atomic mass is 79.9. The van der Waals surface area contributed by atoms with Crippen LogP contribution >= 0.6 is 47.8 Å². The Balaban J connectivity index is 0.000000175. The molecule has 1 aliphatic heterocycles. The number of nitrogens with zero attached hydrogens (tertiary/aromatic N) is 10. The van der Waals surface area contributed by atoms with Gasteiger partial charge in [0.05, 0.1) is 54.1 Å². The maximum Gasteiger partial charge on any atom is 0.500 e. The molecule has 101 heavy (non-hydrogen) atoms. The summed E-state index contributed by atoms with van der Waals surface area (Å²) < 4.78 is 53.5. The highest BCUT2D eigenvalue weighted by Gasteiger charge is 2.53. The summed E-state index contributed by atoms with van der Waals surface area (Å²) in [6.45, 7) is 44.3. The molecule has 0 radical (unpaired) electrons. The van der Waals surface area contributed by atoms with Crippen molar-refractivity contribution in [2.45, 2.75) is 176 Å². The Labute approximate surface area is 617 Å². The van der Waals surface area contributed by atoms with Crippen molar-refractivity contribution in [1.82, 2.24) is 50.1 Å². The molecule has 27 heteroatoms. The molecule has 0 atom stereocenters. The van der Waals surface area contributed by atoms with Gasteiger partial charge >= 0.3 is 7.12 Å². The third kappa shape index (κ3) is 19.3. The lowest BCUT2D eigenvalue weighted by molar-refractivity contribution is -0.365. The van der Waals surface area contributed by atoms with Crippen molar-refractivity contribution in [2.24, 2.45) is 0 Å². The van der Waals surface area contributed by atoms with Gasteiger partial charge in [-0.25, -0.2) is 24.9 Å². The Morgan fingerprint density at radius 3 is 1.35 bits per heavy atom. The first-order valence-corrected chi connectivity index (χ1v) is 35.4. The Kier molecular flexibility index (Phi) is 27.9. The molecule has 11 aromatic rings. The quantitative estimate of drug-likeness (QED) is 0.0547. The predicted molar refractivity (Wildman–Crippen MR) is 409 cm³/mol. The number of imidazole rings is 1. The number of aryl methyl sites for hydroxylation is 10. The molecule has 0 aliphatic carbocycles. The van der Waals surface area contributed by atoms with E-state index in [2.05, 4.69) is 147 Å². The first kappa shape index (κ1) is 80.2. The molecule has 0 bridgehead atoms. The van der Waals surface area contributed by atoms with E-state index >= 15 is 0 Å². The second-order valence-corrected chi connectivity index (χ2v) is 27.5. The van der Waals surface area contributed by atoms with Crippen molar-refractivity contribution in [3.05, 3.63) is 184 Å². The first-order chi connectivity index (χ1) is 47.7. The Bertz CT molecular complexity index is 4440. The summed E-state index contributed by atoms with van der Waals surface area (Å²) >= 11 is 10.1. The van der Waals surface area contributed by atoms with Crippen LogP contribution in [-0.2, 0) is 36.6 Å². The van der Waals surface area contributed by atoms with Gasteiger partial charge in [0.25, 0.3) is 5.97 Å². The van der Waals surface area contributed by atoms with Crippen LogP contribution in [0.4, 0.5) is 23.1 Å². The molecule has 7 N–H and O–H groups in total. The third-order valence-electron chi connectivity index (χ3n) is 17.3. The lowest BCUT2D eigenvalue weighted by Crippen LogP contribution is -2.41. The molecule has 0 amide bonds. The fourth-order valence-corrected chi connectivity index (χ4v) is 12.4. The second kappa shape index (κ2) is 35.2. The number of benzene rings is 2. The minimum Gasteiger partial charge on any atom is -0.399 e. The zero-order valence-corrected chi connectivity index (χ0v) is 66.5. The number of nitrogen functional groups attached to an aromatic ring is 3. The minimum atomic E-state index is -0.849. The van der Waals surface area contributed by atoms with Crippen molar-refractivity contribution >= 4 is 94.7 Å². The number of pyridine rings is 4. The van der Waals surface area contributed by atoms with Crippen LogP contribution < -0.4 is 28.0 Å². The second-order valence-electron chi connectivity index (χ2n) is 25.1. The molecule has 0 unspecified atom stereocenters. The number of aromatic nitrogens is 10. The van der Waals surface area contributed by atoms with Gasteiger partial charge in [-0.2, -0.15) is 0 Å². The van der Waals surface area contributed by atoms with Gasteiger partial charge in [0, 0.05) is 108 Å². The standard InChI is InChI=1S/C20H20N4O.C18H20N4O.C11H18BNO3.C11H12BrN3O.C8H18O3.C6H6Br2N2/c1-12-17(18-13(2)23-25-14(18)3)10-21-20-19(12)24(15(4)22-20)11-16-8-6-5-7-9-16;1-11-15(16-12(2)22-23-13(16)3)10-21-18(19)17(11)20-9-14-7-5-4-6-8-14;1-7-9(8(2)14-13-7)12-15-10(3,4)11(5,6)16-12;1-5-8(4-14-11(13)10(5)12)9-6(2)15-16-7(9)3;1-5-9-8(4,10-6-2)11-7-3;1-3-4(7)2-10-6(9)5(3)8/h5-10H,11H2,1-4H3;4-8,10,20H,9H2,1-3H3,(H2,19,21);1-6H3;4H,1-3H3,(H2,13,14);5-7H2,1-4H3;2H,1H3,(H2,9,10). The summed E-state index contributed by atoms with van der Waals surface area (Å²) in [6.07, 6.45) is 7.10. The molecule has 1 aliphatic rings. The van der Waals surface area contributed by atoms with Crippen LogP contribution in [0.1, 0.15) is 140 Å². The summed E-state index contributed by atoms with van der Waals surface area (Å²) in [5.74, 6) is 4.78. The lowest BCUT2D eigenvalue weighted by Gasteiger charge is -2.32. The van der Waals surface area contributed by atoms with E-state index in [0.717, 1.165) is 150 Å². The Morgan fingerprint density at radius 1 is 0.505 bits per heavy atom. The van der Waals surface area contributed by atoms with Crippen molar-refractivity contribution in [3.63, 3.8) is 0 Å². The number of nitrogens with two attached hydrogens (primary N) is 3. The van der Waals surface area contributed by atoms with Crippen molar-refractivity contribution < 1.29 is 41.6 Å². The molecule has 2 aromatic carbocycles. The highest BCUT2D eigenvalue weighted by Crippen LogP contribution is 2.39. The van der Waals surface area contributed by atoms with Crippen LogP contribution in [0.2, 0.25) is 0 Å². The third-order valence-corrected chi connectivity index (χ3v) is 20.1. The van der Waals surface area contributed by atoms with E-state index in [1.54, 1.807) is 25.5 Å². The molecular formula is C74H94BBr3N14O9. The van der Waals surface area contributed by atoms with Gasteiger partial charge in [0.1, 0.15) is 46.3 Å². The molecule has 1 saturated heterocycles. The normalized spacial score (nSPS) is 12.9. The molecule has 0 saturated carbocycles. The minimum absolute atomic E-state index is 0.326. The summed E-state index contributed by atoms with van der Waals surface area (Å²) in [4.78, 5) is 21.7. The zero-order valence-electron chi connectivity index (χ0n) is 61.7. The molecule has 12 rings (SSSR count). The first-order valence-electron chi connectivity index (χ1n) is 33.1. The number of anilines is 4. The van der Waals surface area contributed by atoms with Crippen LogP contribution in [0.5, 0.6) is 0 Å². The van der Waals surface area contributed by atoms with Gasteiger partial charge in [-0.3, -0.25) is 0 Å². The van der Waals surface area contributed by atoms with E-state index in [1.165, 1.54) is 11.1 Å². The smallest absolute Gasteiger partial charge is 0.399 e. The molecule has 538 valence electrons. The number of hydrogen-bond acceptors (Lipinski definition) is 22. The summed E-state index contributed by atoms with van der Waals surface area (Å²) in [6, 6.07) is 20.6. The van der Waals surface area contributed by atoms with Crippen molar-refractivity contribution in [1.29, 1.82) is 0 Å². The van der Waals surface area contributed by atoms with E-state index in [-0.39, 0.29) is 18.3 Å². The van der Waals surface area contributed by atoms with Crippen LogP contribution in [-0.4, -0.2) is 94.2 Å². The Morgan fingerprint density at radius 2 is 0.911 bits per heavy atom. The largest absolute Gasteiger partial charge is 0.500 e. The van der Waals surface area contributed by atoms with Crippen LogP contribution in [0, 0.1) is 90.0 Å². The monoisotopic (exact) mass is 1570 g/mol. The van der Waals surface area contributed by atoms with Gasteiger partial charge in [0.2, 0.25) is 0 Å². The molecule has 10 heterocycles. The van der Waals surface area contributed by atoms with E-state index < -0.39 is 5.97 Å². The van der Waals surface area contributed by atoms with E-state index in [1.807, 2.05) is 162 Å². The highest BCUT2D eigenvalue weighted by molar-refractivity contribution is 9.11. The number of fused-ring (bicyclic) bond motifs is 1. The summed E-state index contributed by atoms with van der Waals surface area (Å²) in [5.41, 5.74) is 36.5. The topological polar surface area (TPSA) is 310 Å². The van der Waals surface area contributed by atoms with Gasteiger partial charge in [0.15, 0.2) is 5.65 Å². The zero-order chi connectivity index (χ0) is 74.4. The molecular weight excluding hydrogens is 1480 g/mol. The van der Waals surface area contributed by atoms with Crippen LogP contribution in [0.25, 0.3) is 44.5 Å². The summed E-state index contributed by atoms with van der Waals surface area (Å²) in [5, 5.41) is 19.4. The van der Waals surface area contributed by atoms with E-state index in [0.29, 0.717) is 43.8 Å². The van der Waals surface area contributed by atoms with Crippen molar-refractivity contribution in [2.75, 3.05) is 42.3 Å². The average Bonchev–Trinajstić information content (AvgIpc) is 1.62. The lowest BCUT2D eigenvalue weighted by atomic mass is 9.77. The number of halogens is 3. The molecule has 23 nitrogen and oxygen atoms in total. The number of nitrogens with one attached hydrogen (secondary N) is 1. The van der Waals surface area contributed by atoms with Crippen LogP contribution in [0.3, 0.4) is 0 Å². The average molecular weight is 1570 g/mol. The van der Waals surface area contributed by atoms with Gasteiger partial charge in [-0.05, 0) is 220 Å². The number of hydrogen-bond donors (Lipinski definition) is 4. The van der Waals surface area contributed by atoms with Gasteiger partial charge < -0.3 is 68.7 Å². The van der Waals surface area contributed by atoms with E-state index in [4.69, 9.17) is 58.8 Å². The van der Waals surface area contributed by atoms with E-state index in [9.17, 15) is 0 Å². The maximum atomic E-state index is 6.07. The van der Waals surface area contributed by atoms with Gasteiger partial charge in [-0.1, -0.05) is 81.3 Å². The van der Waals surface area contributed by atoms with Crippen LogP contribution in [0.15, 0.2) is 117 Å². The Hall–Kier alpha value is -8.15. The molecule has 9 aromatic heterocycles. The number of ether oxygens (including phenoxy) is 3. The van der Waals surface area contributed by atoms with Crippen molar-refractivity contribution in [3.8, 4) is 33.4 Å². The maximum absolute atomic E-state index is 6.07. The molecule has 0 spiro atoms. The fraction of sp³-hybridized carbons (Fsp3) is 0.392.